The van der Waals surface area contributed by atoms with Gasteiger partial charge in [0.05, 0.1) is 18.5 Å². The van der Waals surface area contributed by atoms with Crippen molar-refractivity contribution in [2.24, 2.45) is 0 Å². The normalized spacial score (nSPS) is 10.8. The third-order valence-corrected chi connectivity index (χ3v) is 4.73. The van der Waals surface area contributed by atoms with Crippen LogP contribution in [0.4, 0.5) is 5.69 Å². The van der Waals surface area contributed by atoms with Gasteiger partial charge in [0.15, 0.2) is 0 Å². The first kappa shape index (κ1) is 20.3. The van der Waals surface area contributed by atoms with Crippen molar-refractivity contribution in [3.8, 4) is 11.7 Å². The Labute approximate surface area is 168 Å². The number of ether oxygens (including phenoxy) is 1. The second-order valence-electron chi connectivity index (χ2n) is 7.02. The minimum atomic E-state index is -0.229. The molecule has 0 atom stereocenters. The molecule has 2 aromatic heterocycles. The molecular weight excluding hydrogens is 370 g/mol. The van der Waals surface area contributed by atoms with Crippen LogP contribution in [0.5, 0.6) is 5.75 Å². The van der Waals surface area contributed by atoms with Gasteiger partial charge < -0.3 is 10.1 Å². The Hall–Kier alpha value is -3.42. The molecule has 8 nitrogen and oxygen atoms in total. The molecule has 0 aliphatic carbocycles. The Morgan fingerprint density at radius 2 is 1.97 bits per heavy atom. The number of carbonyl (C=O) groups excluding carboxylic acids is 1. The van der Waals surface area contributed by atoms with Crippen LogP contribution < -0.4 is 15.6 Å². The monoisotopic (exact) mass is 395 g/mol. The fourth-order valence-corrected chi connectivity index (χ4v) is 3.28. The average Bonchev–Trinajstić information content (AvgIpc) is 2.93. The fraction of sp³-hybridized carbons (Fsp3) is 0.333. The summed E-state index contributed by atoms with van der Waals surface area (Å²) in [5, 5.41) is 7.41. The molecule has 1 amide bonds. The quantitative estimate of drug-likeness (QED) is 0.668. The van der Waals surface area contributed by atoms with Crippen LogP contribution in [0.15, 0.2) is 29.1 Å². The van der Waals surface area contributed by atoms with Crippen LogP contribution in [0.3, 0.4) is 0 Å². The number of aromatic amines is 1. The predicted octanol–water partition coefficient (Wildman–Crippen LogP) is 2.77. The summed E-state index contributed by atoms with van der Waals surface area (Å²) in [6.45, 7) is 7.50. The van der Waals surface area contributed by atoms with Crippen LogP contribution >= 0.6 is 0 Å². The van der Waals surface area contributed by atoms with Gasteiger partial charge in [-0.2, -0.15) is 5.10 Å². The van der Waals surface area contributed by atoms with Gasteiger partial charge in [-0.3, -0.25) is 14.6 Å². The van der Waals surface area contributed by atoms with Crippen LogP contribution in [0.25, 0.3) is 5.95 Å². The lowest BCUT2D eigenvalue weighted by Crippen LogP contribution is -2.15. The topological polar surface area (TPSA) is 102 Å². The van der Waals surface area contributed by atoms with Crippen molar-refractivity contribution in [1.29, 1.82) is 0 Å². The number of methoxy groups -OCH3 is 1. The molecule has 152 valence electrons. The lowest BCUT2D eigenvalue weighted by atomic mass is 10.1. The largest absolute Gasteiger partial charge is 0.495 e. The van der Waals surface area contributed by atoms with E-state index in [1.807, 2.05) is 39.0 Å². The Morgan fingerprint density at radius 1 is 1.21 bits per heavy atom. The van der Waals surface area contributed by atoms with Crippen LogP contribution in [0.1, 0.15) is 34.6 Å². The molecule has 0 aliphatic rings. The summed E-state index contributed by atoms with van der Waals surface area (Å²) < 4.78 is 6.92. The molecular formula is C21H25N5O3. The van der Waals surface area contributed by atoms with E-state index in [0.29, 0.717) is 35.9 Å². The van der Waals surface area contributed by atoms with Gasteiger partial charge in [-0.1, -0.05) is 6.07 Å². The number of aromatic nitrogens is 4. The number of hydrogen-bond acceptors (Lipinski definition) is 5. The first-order chi connectivity index (χ1) is 13.8. The van der Waals surface area contributed by atoms with Crippen LogP contribution in [0.2, 0.25) is 0 Å². The van der Waals surface area contributed by atoms with Crippen molar-refractivity contribution in [3.63, 3.8) is 0 Å². The molecule has 0 radical (unpaired) electrons. The van der Waals surface area contributed by atoms with Crippen LogP contribution in [0, 0.1) is 27.7 Å². The second kappa shape index (κ2) is 8.30. The zero-order valence-corrected chi connectivity index (χ0v) is 17.3. The molecule has 0 fully saturated rings. The zero-order valence-electron chi connectivity index (χ0n) is 17.3. The highest BCUT2D eigenvalue weighted by molar-refractivity contribution is 5.92. The number of amides is 1. The third kappa shape index (κ3) is 4.53. The maximum atomic E-state index is 12.5. The highest BCUT2D eigenvalue weighted by Gasteiger charge is 2.16. The van der Waals surface area contributed by atoms with E-state index in [4.69, 9.17) is 4.74 Å². The molecule has 8 heteroatoms. The van der Waals surface area contributed by atoms with Crippen LogP contribution in [-0.2, 0) is 11.2 Å². The molecule has 3 rings (SSSR count). The molecule has 0 saturated heterocycles. The first-order valence-electron chi connectivity index (χ1n) is 9.36. The number of hydrogen-bond donors (Lipinski definition) is 2. The molecule has 0 spiro atoms. The van der Waals surface area contributed by atoms with Gasteiger partial charge in [0.25, 0.3) is 5.56 Å². The fourth-order valence-electron chi connectivity index (χ4n) is 3.28. The van der Waals surface area contributed by atoms with Gasteiger partial charge in [0.2, 0.25) is 11.9 Å². The van der Waals surface area contributed by atoms with Crippen molar-refractivity contribution in [1.82, 2.24) is 19.7 Å². The molecule has 2 heterocycles. The molecule has 29 heavy (non-hydrogen) atoms. The van der Waals surface area contributed by atoms with Gasteiger partial charge in [0, 0.05) is 23.9 Å². The summed E-state index contributed by atoms with van der Waals surface area (Å²) in [5.74, 6) is 0.886. The summed E-state index contributed by atoms with van der Waals surface area (Å²) in [6.07, 6.45) is 0.815. The summed E-state index contributed by atoms with van der Waals surface area (Å²) in [6, 6.07) is 7.07. The van der Waals surface area contributed by atoms with E-state index >= 15 is 0 Å². The van der Waals surface area contributed by atoms with Crippen molar-refractivity contribution < 1.29 is 9.53 Å². The molecule has 1 aromatic carbocycles. The summed E-state index contributed by atoms with van der Waals surface area (Å²) in [4.78, 5) is 31.3. The molecule has 0 bridgehead atoms. The Morgan fingerprint density at radius 3 is 2.66 bits per heavy atom. The van der Waals surface area contributed by atoms with Crippen molar-refractivity contribution in [2.45, 2.75) is 40.5 Å². The number of H-pyrrole nitrogens is 1. The average molecular weight is 395 g/mol. The predicted molar refractivity (Wildman–Crippen MR) is 111 cm³/mol. The lowest BCUT2D eigenvalue weighted by Gasteiger charge is -2.11. The Bertz CT molecular complexity index is 1110. The third-order valence-electron chi connectivity index (χ3n) is 4.73. The van der Waals surface area contributed by atoms with E-state index in [-0.39, 0.29) is 11.5 Å². The van der Waals surface area contributed by atoms with Gasteiger partial charge in [-0.05, 0) is 57.4 Å². The van der Waals surface area contributed by atoms with Crippen molar-refractivity contribution >= 4 is 11.6 Å². The smallest absolute Gasteiger partial charge is 0.252 e. The van der Waals surface area contributed by atoms with E-state index in [2.05, 4.69) is 20.4 Å². The lowest BCUT2D eigenvalue weighted by molar-refractivity contribution is -0.116. The van der Waals surface area contributed by atoms with E-state index in [9.17, 15) is 9.59 Å². The zero-order chi connectivity index (χ0) is 21.1. The van der Waals surface area contributed by atoms with Gasteiger partial charge in [-0.15, -0.1) is 0 Å². The number of anilines is 1. The van der Waals surface area contributed by atoms with Crippen LogP contribution in [-0.4, -0.2) is 32.8 Å². The highest BCUT2D eigenvalue weighted by atomic mass is 16.5. The minimum absolute atomic E-state index is 0.109. The summed E-state index contributed by atoms with van der Waals surface area (Å²) in [5.41, 5.74) is 4.68. The van der Waals surface area contributed by atoms with Gasteiger partial charge >= 0.3 is 0 Å². The maximum absolute atomic E-state index is 12.5. The number of aryl methyl sites for hydroxylation is 3. The Balaban J connectivity index is 1.76. The van der Waals surface area contributed by atoms with E-state index in [0.717, 1.165) is 22.5 Å². The van der Waals surface area contributed by atoms with Crippen molar-refractivity contribution in [3.05, 3.63) is 62.8 Å². The molecule has 0 aliphatic heterocycles. The number of benzene rings is 1. The van der Waals surface area contributed by atoms with Crippen molar-refractivity contribution in [2.75, 3.05) is 12.4 Å². The van der Waals surface area contributed by atoms with E-state index in [1.165, 1.54) is 6.07 Å². The Kier molecular flexibility index (Phi) is 5.81. The highest BCUT2D eigenvalue weighted by Crippen LogP contribution is 2.25. The van der Waals surface area contributed by atoms with E-state index in [1.54, 1.807) is 18.7 Å². The number of nitrogens with one attached hydrogen (secondary N) is 2. The molecule has 2 N–H and O–H groups in total. The summed E-state index contributed by atoms with van der Waals surface area (Å²) in [7, 11) is 1.57. The van der Waals surface area contributed by atoms with Gasteiger partial charge in [0.1, 0.15) is 5.75 Å². The van der Waals surface area contributed by atoms with Gasteiger partial charge in [-0.25, -0.2) is 9.67 Å². The van der Waals surface area contributed by atoms with E-state index < -0.39 is 0 Å². The minimum Gasteiger partial charge on any atom is -0.495 e. The molecule has 0 saturated carbocycles. The second-order valence-corrected chi connectivity index (χ2v) is 7.02. The SMILES string of the molecule is COc1ccc(C)cc1NC(=O)CCc1c(C)nn(-c2nc(C)cc(=O)[nH]2)c1C. The number of rotatable bonds is 6. The molecule has 3 aromatic rings. The standard InChI is InChI=1S/C21H25N5O3/c1-12-6-8-18(29-5)17(10-12)23-19(27)9-7-16-14(3)25-26(15(16)4)21-22-13(2)11-20(28)24-21/h6,8,10-11H,7,9H2,1-5H3,(H,23,27)(H,22,24,28). The number of nitrogens with zero attached hydrogens (tertiary/aromatic N) is 3. The first-order valence-corrected chi connectivity index (χ1v) is 9.36. The summed E-state index contributed by atoms with van der Waals surface area (Å²) >= 11 is 0. The number of carbonyl (C=O) groups is 1. The maximum Gasteiger partial charge on any atom is 0.252 e. The molecule has 0 unspecified atom stereocenters.